The third-order valence-corrected chi connectivity index (χ3v) is 5.42. The zero-order valence-corrected chi connectivity index (χ0v) is 19.1. The molecule has 1 heterocycles. The smallest absolute Gasteiger partial charge is 0.253 e. The molecule has 4 rings (SSSR count). The largest absolute Gasteiger partial charge is 0.493 e. The number of fused-ring (bicyclic) bond motifs is 1. The lowest BCUT2D eigenvalue weighted by Gasteiger charge is -2.12. The number of nitrogens with one attached hydrogen (secondary N) is 2. The highest BCUT2D eigenvalue weighted by Crippen LogP contribution is 2.32. The van der Waals surface area contributed by atoms with E-state index in [1.165, 1.54) is 0 Å². The standard InChI is InChI=1S/C26H26N2O6/c1-31-21-10-7-17(13-23(21)32-2)9-12-25(29)28-20-6-4-3-5-19(20)26(30)27-15-18-8-11-22-24(14-18)34-16-33-22/h3-8,10-11,13-14H,9,12,15-16H2,1-2H3,(H,27,30)(H,28,29). The number of hydrogen-bond donors (Lipinski definition) is 2. The molecule has 0 saturated heterocycles. The molecule has 0 fully saturated rings. The van der Waals surface area contributed by atoms with Crippen LogP contribution in [0.1, 0.15) is 27.9 Å². The van der Waals surface area contributed by atoms with Crippen LogP contribution in [-0.4, -0.2) is 32.8 Å². The average Bonchev–Trinajstić information content (AvgIpc) is 3.34. The Labute approximate surface area is 197 Å². The summed E-state index contributed by atoms with van der Waals surface area (Å²) < 4.78 is 21.2. The molecule has 0 unspecified atom stereocenters. The Hall–Kier alpha value is -4.20. The van der Waals surface area contributed by atoms with Crippen molar-refractivity contribution in [3.63, 3.8) is 0 Å². The highest BCUT2D eigenvalue weighted by Gasteiger charge is 2.16. The van der Waals surface area contributed by atoms with Crippen molar-refractivity contribution in [2.45, 2.75) is 19.4 Å². The van der Waals surface area contributed by atoms with Gasteiger partial charge in [-0.1, -0.05) is 24.3 Å². The molecule has 0 spiro atoms. The molecule has 0 radical (unpaired) electrons. The van der Waals surface area contributed by atoms with Crippen LogP contribution < -0.4 is 29.6 Å². The van der Waals surface area contributed by atoms with Crippen molar-refractivity contribution in [2.24, 2.45) is 0 Å². The third-order valence-electron chi connectivity index (χ3n) is 5.42. The van der Waals surface area contributed by atoms with Crippen molar-refractivity contribution >= 4 is 17.5 Å². The number of carbonyl (C=O) groups excluding carboxylic acids is 2. The highest BCUT2D eigenvalue weighted by atomic mass is 16.7. The van der Waals surface area contributed by atoms with Crippen LogP contribution in [0.25, 0.3) is 0 Å². The van der Waals surface area contributed by atoms with Gasteiger partial charge in [0.2, 0.25) is 12.7 Å². The summed E-state index contributed by atoms with van der Waals surface area (Å²) in [7, 11) is 3.15. The highest BCUT2D eigenvalue weighted by molar-refractivity contribution is 6.03. The number of rotatable bonds is 9. The lowest BCUT2D eigenvalue weighted by Crippen LogP contribution is -2.25. The molecule has 0 aromatic heterocycles. The summed E-state index contributed by atoms with van der Waals surface area (Å²) in [6.07, 6.45) is 0.771. The maximum Gasteiger partial charge on any atom is 0.253 e. The Morgan fingerprint density at radius 1 is 0.882 bits per heavy atom. The van der Waals surface area contributed by atoms with Crippen LogP contribution in [0.3, 0.4) is 0 Å². The van der Waals surface area contributed by atoms with Crippen LogP contribution in [-0.2, 0) is 17.8 Å². The number of para-hydroxylation sites is 1. The summed E-state index contributed by atoms with van der Waals surface area (Å²) in [5.74, 6) is 2.13. The molecule has 2 amide bonds. The van der Waals surface area contributed by atoms with E-state index in [-0.39, 0.29) is 25.0 Å². The first kappa shape index (κ1) is 23.0. The van der Waals surface area contributed by atoms with E-state index in [2.05, 4.69) is 10.6 Å². The normalized spacial score (nSPS) is 11.6. The first-order valence-electron chi connectivity index (χ1n) is 10.8. The van der Waals surface area contributed by atoms with E-state index in [1.54, 1.807) is 38.5 Å². The van der Waals surface area contributed by atoms with Gasteiger partial charge in [-0.15, -0.1) is 0 Å². The zero-order chi connectivity index (χ0) is 23.9. The number of benzene rings is 3. The van der Waals surface area contributed by atoms with Crippen molar-refractivity contribution in [1.29, 1.82) is 0 Å². The molecule has 176 valence electrons. The van der Waals surface area contributed by atoms with E-state index in [0.717, 1.165) is 11.1 Å². The lowest BCUT2D eigenvalue weighted by molar-refractivity contribution is -0.116. The second-order valence-corrected chi connectivity index (χ2v) is 7.65. The number of anilines is 1. The minimum Gasteiger partial charge on any atom is -0.493 e. The molecule has 2 N–H and O–H groups in total. The van der Waals surface area contributed by atoms with Crippen LogP contribution in [0.4, 0.5) is 5.69 Å². The number of methoxy groups -OCH3 is 2. The van der Waals surface area contributed by atoms with Gasteiger partial charge in [0.25, 0.3) is 5.91 Å². The number of ether oxygens (including phenoxy) is 4. The van der Waals surface area contributed by atoms with E-state index < -0.39 is 0 Å². The first-order valence-corrected chi connectivity index (χ1v) is 10.8. The molecule has 34 heavy (non-hydrogen) atoms. The molecule has 1 aliphatic heterocycles. The Kier molecular flexibility index (Phi) is 7.17. The molecule has 3 aromatic carbocycles. The average molecular weight is 463 g/mol. The summed E-state index contributed by atoms with van der Waals surface area (Å²) in [5, 5.41) is 5.74. The predicted octanol–water partition coefficient (Wildman–Crippen LogP) is 3.93. The zero-order valence-electron chi connectivity index (χ0n) is 19.1. The van der Waals surface area contributed by atoms with Crippen LogP contribution in [0, 0.1) is 0 Å². The molecule has 0 saturated carbocycles. The fourth-order valence-corrected chi connectivity index (χ4v) is 3.63. The van der Waals surface area contributed by atoms with Crippen molar-refractivity contribution in [2.75, 3.05) is 26.3 Å². The predicted molar refractivity (Wildman–Crippen MR) is 127 cm³/mol. The fraction of sp³-hybridized carbons (Fsp3) is 0.231. The maximum absolute atomic E-state index is 12.8. The van der Waals surface area contributed by atoms with Gasteiger partial charge >= 0.3 is 0 Å². The molecule has 0 atom stereocenters. The second-order valence-electron chi connectivity index (χ2n) is 7.65. The van der Waals surface area contributed by atoms with Gasteiger partial charge in [-0.25, -0.2) is 0 Å². The van der Waals surface area contributed by atoms with Crippen LogP contribution >= 0.6 is 0 Å². The molecule has 8 heteroatoms. The van der Waals surface area contributed by atoms with E-state index >= 15 is 0 Å². The van der Waals surface area contributed by atoms with E-state index in [1.807, 2.05) is 36.4 Å². The third kappa shape index (κ3) is 5.40. The summed E-state index contributed by atoms with van der Waals surface area (Å²) in [4.78, 5) is 25.4. The van der Waals surface area contributed by atoms with Crippen LogP contribution in [0.15, 0.2) is 60.7 Å². The second kappa shape index (κ2) is 10.6. The van der Waals surface area contributed by atoms with Gasteiger partial charge in [0.05, 0.1) is 25.5 Å². The Morgan fingerprint density at radius 2 is 1.65 bits per heavy atom. The molecule has 3 aromatic rings. The fourth-order valence-electron chi connectivity index (χ4n) is 3.63. The summed E-state index contributed by atoms with van der Waals surface area (Å²) >= 11 is 0. The van der Waals surface area contributed by atoms with Crippen molar-refractivity contribution in [1.82, 2.24) is 5.32 Å². The Bertz CT molecular complexity index is 1190. The molecule has 0 aliphatic carbocycles. The van der Waals surface area contributed by atoms with Gasteiger partial charge in [0, 0.05) is 13.0 Å². The van der Waals surface area contributed by atoms with E-state index in [9.17, 15) is 9.59 Å². The van der Waals surface area contributed by atoms with Gasteiger partial charge < -0.3 is 29.6 Å². The molecule has 8 nitrogen and oxygen atoms in total. The first-order chi connectivity index (χ1) is 16.6. The topological polar surface area (TPSA) is 95.1 Å². The van der Waals surface area contributed by atoms with Gasteiger partial charge in [-0.2, -0.15) is 0 Å². The summed E-state index contributed by atoms with van der Waals surface area (Å²) in [6, 6.07) is 18.0. The maximum atomic E-state index is 12.8. The Balaban J connectivity index is 1.35. The molecular weight excluding hydrogens is 436 g/mol. The number of aryl methyl sites for hydroxylation is 1. The lowest BCUT2D eigenvalue weighted by atomic mass is 10.1. The van der Waals surface area contributed by atoms with Gasteiger partial charge in [-0.05, 0) is 53.9 Å². The number of hydrogen-bond acceptors (Lipinski definition) is 6. The van der Waals surface area contributed by atoms with Crippen molar-refractivity contribution in [3.8, 4) is 23.0 Å². The SMILES string of the molecule is COc1ccc(CCC(=O)Nc2ccccc2C(=O)NCc2ccc3c(c2)OCO3)cc1OC. The molecular formula is C26H26N2O6. The molecule has 0 bridgehead atoms. The minimum atomic E-state index is -0.284. The van der Waals surface area contributed by atoms with Gasteiger partial charge in [-0.3, -0.25) is 9.59 Å². The summed E-state index contributed by atoms with van der Waals surface area (Å²) in [6.45, 7) is 0.515. The molecule has 1 aliphatic rings. The van der Waals surface area contributed by atoms with Crippen molar-refractivity contribution < 1.29 is 28.5 Å². The van der Waals surface area contributed by atoms with E-state index in [0.29, 0.717) is 47.2 Å². The van der Waals surface area contributed by atoms with Crippen LogP contribution in [0.5, 0.6) is 23.0 Å². The van der Waals surface area contributed by atoms with Crippen molar-refractivity contribution in [3.05, 3.63) is 77.4 Å². The minimum absolute atomic E-state index is 0.189. The summed E-state index contributed by atoms with van der Waals surface area (Å²) in [5.41, 5.74) is 2.68. The van der Waals surface area contributed by atoms with Gasteiger partial charge in [0.15, 0.2) is 23.0 Å². The quantitative estimate of drug-likeness (QED) is 0.500. The van der Waals surface area contributed by atoms with Gasteiger partial charge in [0.1, 0.15) is 0 Å². The Morgan fingerprint density at radius 3 is 2.47 bits per heavy atom. The number of amides is 2. The van der Waals surface area contributed by atoms with Crippen LogP contribution in [0.2, 0.25) is 0 Å². The number of carbonyl (C=O) groups is 2. The monoisotopic (exact) mass is 462 g/mol. The van der Waals surface area contributed by atoms with E-state index in [4.69, 9.17) is 18.9 Å².